The Labute approximate surface area is 175 Å². The number of carbonyl (C=O) groups is 1. The van der Waals surface area contributed by atoms with Gasteiger partial charge in [0.1, 0.15) is 0 Å². The molecule has 2 atom stereocenters. The largest absolute Gasteiger partial charge is 0.349 e. The van der Waals surface area contributed by atoms with Crippen LogP contribution in [0.3, 0.4) is 0 Å². The van der Waals surface area contributed by atoms with E-state index in [4.69, 9.17) is 23.2 Å². The van der Waals surface area contributed by atoms with Crippen molar-refractivity contribution in [1.29, 1.82) is 0 Å². The van der Waals surface area contributed by atoms with Crippen molar-refractivity contribution in [2.45, 2.75) is 32.4 Å². The summed E-state index contributed by atoms with van der Waals surface area (Å²) in [5, 5.41) is 4.36. The topological polar surface area (TPSA) is 44.7 Å². The van der Waals surface area contributed by atoms with Crippen molar-refractivity contribution in [3.8, 4) is 0 Å². The van der Waals surface area contributed by atoms with Crippen molar-refractivity contribution in [3.63, 3.8) is 0 Å². The van der Waals surface area contributed by atoms with Crippen LogP contribution in [-0.2, 0) is 17.8 Å². The van der Waals surface area contributed by atoms with E-state index in [1.807, 2.05) is 30.3 Å². The number of likely N-dealkylation sites (tertiary alicyclic amines) is 1. The molecule has 2 aliphatic heterocycles. The highest BCUT2D eigenvalue weighted by molar-refractivity contribution is 6.35. The summed E-state index contributed by atoms with van der Waals surface area (Å²) >= 11 is 12.3. The van der Waals surface area contributed by atoms with E-state index in [0.29, 0.717) is 29.1 Å². The third-order valence-corrected chi connectivity index (χ3v) is 6.02. The van der Waals surface area contributed by atoms with E-state index >= 15 is 0 Å². The van der Waals surface area contributed by atoms with Gasteiger partial charge in [-0.05, 0) is 41.7 Å². The summed E-state index contributed by atoms with van der Waals surface area (Å²) in [4.78, 5) is 19.7. The summed E-state index contributed by atoms with van der Waals surface area (Å²) in [5.74, 6) is 0.531. The second-order valence-electron chi connectivity index (χ2n) is 7.72. The zero-order chi connectivity index (χ0) is 19.7. The second kappa shape index (κ2) is 8.24. The van der Waals surface area contributed by atoms with Gasteiger partial charge >= 0.3 is 0 Å². The Kier molecular flexibility index (Phi) is 5.72. The number of aliphatic imine (C=N–C) groups is 1. The monoisotopic (exact) mass is 415 g/mol. The lowest BCUT2D eigenvalue weighted by molar-refractivity contribution is -0.125. The second-order valence-corrected chi connectivity index (χ2v) is 8.57. The quantitative estimate of drug-likeness (QED) is 0.771. The number of amides is 1. The van der Waals surface area contributed by atoms with Gasteiger partial charge in [-0.25, -0.2) is 0 Å². The third-order valence-electron chi connectivity index (χ3n) is 5.44. The van der Waals surface area contributed by atoms with Gasteiger partial charge in [0.15, 0.2) is 0 Å². The fourth-order valence-electron chi connectivity index (χ4n) is 4.06. The van der Waals surface area contributed by atoms with Crippen molar-refractivity contribution < 1.29 is 4.79 Å². The van der Waals surface area contributed by atoms with Crippen LogP contribution in [0.15, 0.2) is 47.5 Å². The first-order valence-corrected chi connectivity index (χ1v) is 10.3. The van der Waals surface area contributed by atoms with E-state index in [2.05, 4.69) is 28.2 Å². The normalized spacial score (nSPS) is 21.5. The molecule has 0 unspecified atom stereocenters. The Balaban J connectivity index is 1.38. The molecule has 0 radical (unpaired) electrons. The number of para-hydroxylation sites is 1. The number of carbonyl (C=O) groups excluding carboxylic acids is 1. The smallest absolute Gasteiger partial charge is 0.237 e. The van der Waals surface area contributed by atoms with Gasteiger partial charge in [0.05, 0.1) is 18.3 Å². The van der Waals surface area contributed by atoms with Crippen LogP contribution < -0.4 is 5.32 Å². The molecule has 4 rings (SSSR count). The summed E-state index contributed by atoms with van der Waals surface area (Å²) in [5.41, 5.74) is 4.24. The first kappa shape index (κ1) is 19.4. The summed E-state index contributed by atoms with van der Waals surface area (Å²) in [6.45, 7) is 4.20. The van der Waals surface area contributed by atoms with Crippen molar-refractivity contribution >= 4 is 40.5 Å². The Morgan fingerprint density at radius 1 is 1.25 bits per heavy atom. The van der Waals surface area contributed by atoms with Gasteiger partial charge in [0, 0.05) is 35.3 Å². The number of rotatable bonds is 5. The molecule has 0 aliphatic carbocycles. The Morgan fingerprint density at radius 2 is 2.07 bits per heavy atom. The minimum atomic E-state index is -0.147. The third kappa shape index (κ3) is 4.24. The first-order chi connectivity index (χ1) is 13.5. The Bertz CT molecular complexity index is 928. The van der Waals surface area contributed by atoms with E-state index < -0.39 is 0 Å². The van der Waals surface area contributed by atoms with Gasteiger partial charge in [0.25, 0.3) is 0 Å². The van der Waals surface area contributed by atoms with Crippen LogP contribution >= 0.6 is 23.2 Å². The van der Waals surface area contributed by atoms with Crippen molar-refractivity contribution in [3.05, 3.63) is 63.6 Å². The lowest BCUT2D eigenvalue weighted by atomic mass is 10.1. The van der Waals surface area contributed by atoms with Gasteiger partial charge in [-0.2, -0.15) is 0 Å². The lowest BCUT2D eigenvalue weighted by Gasteiger charge is -2.24. The van der Waals surface area contributed by atoms with Crippen LogP contribution in [0.4, 0.5) is 5.69 Å². The van der Waals surface area contributed by atoms with Crippen molar-refractivity contribution in [2.24, 2.45) is 10.9 Å². The standard InChI is InChI=1S/C22H23Cl2N3O/c1-14-8-21(27(12-14)13-16-6-7-17(23)10-19(16)24)22(28)25-11-18-9-15-4-2-3-5-20(15)26-18/h2-7,10,14,21H,8-9,11-13H2,1H3,(H,25,28)/t14-,21-/m0/s1. The Morgan fingerprint density at radius 3 is 2.86 bits per heavy atom. The number of hydrogen-bond acceptors (Lipinski definition) is 3. The molecule has 0 bridgehead atoms. The minimum absolute atomic E-state index is 0.0630. The predicted octanol–water partition coefficient (Wildman–Crippen LogP) is 4.65. The van der Waals surface area contributed by atoms with Gasteiger partial charge in [-0.3, -0.25) is 14.7 Å². The summed E-state index contributed by atoms with van der Waals surface area (Å²) < 4.78 is 0. The fraction of sp³-hybridized carbons (Fsp3) is 0.364. The SMILES string of the molecule is C[C@H]1C[C@@H](C(=O)NCC2=Nc3ccccc3C2)N(Cc2ccc(Cl)cc2Cl)C1. The maximum Gasteiger partial charge on any atom is 0.237 e. The van der Waals surface area contributed by atoms with Crippen molar-refractivity contribution in [1.82, 2.24) is 10.2 Å². The molecule has 2 heterocycles. The molecule has 0 spiro atoms. The van der Waals surface area contributed by atoms with Gasteiger partial charge in [-0.1, -0.05) is 54.4 Å². The summed E-state index contributed by atoms with van der Waals surface area (Å²) in [6, 6.07) is 13.5. The molecule has 4 nitrogen and oxygen atoms in total. The highest BCUT2D eigenvalue weighted by atomic mass is 35.5. The van der Waals surface area contributed by atoms with Gasteiger partial charge in [-0.15, -0.1) is 0 Å². The van der Waals surface area contributed by atoms with Crippen LogP contribution in [0.25, 0.3) is 0 Å². The Hall–Kier alpha value is -1.88. The number of fused-ring (bicyclic) bond motifs is 1. The number of nitrogens with one attached hydrogen (secondary N) is 1. The minimum Gasteiger partial charge on any atom is -0.349 e. The molecule has 2 aromatic carbocycles. The van der Waals surface area contributed by atoms with E-state index in [0.717, 1.165) is 36.3 Å². The number of halogens is 2. The number of nitrogens with zero attached hydrogens (tertiary/aromatic N) is 2. The van der Waals surface area contributed by atoms with E-state index in [1.54, 1.807) is 6.07 Å². The highest BCUT2D eigenvalue weighted by Gasteiger charge is 2.35. The zero-order valence-electron chi connectivity index (χ0n) is 15.8. The van der Waals surface area contributed by atoms with E-state index in [-0.39, 0.29) is 11.9 Å². The van der Waals surface area contributed by atoms with Crippen LogP contribution in [-0.4, -0.2) is 35.7 Å². The molecule has 28 heavy (non-hydrogen) atoms. The van der Waals surface area contributed by atoms with Gasteiger partial charge < -0.3 is 5.32 Å². The van der Waals surface area contributed by atoms with E-state index in [9.17, 15) is 4.79 Å². The molecule has 0 aromatic heterocycles. The molecule has 1 fully saturated rings. The van der Waals surface area contributed by atoms with Crippen LogP contribution in [0.1, 0.15) is 24.5 Å². The average Bonchev–Trinajstić information content (AvgIpc) is 3.25. The summed E-state index contributed by atoms with van der Waals surface area (Å²) in [6.07, 6.45) is 1.66. The molecule has 2 aromatic rings. The number of hydrogen-bond donors (Lipinski definition) is 1. The molecule has 1 saturated heterocycles. The molecule has 0 saturated carbocycles. The molecule has 2 aliphatic rings. The average molecular weight is 416 g/mol. The maximum atomic E-state index is 12.9. The molecule has 6 heteroatoms. The fourth-order valence-corrected chi connectivity index (χ4v) is 4.52. The molecule has 1 N–H and O–H groups in total. The summed E-state index contributed by atoms with van der Waals surface area (Å²) in [7, 11) is 0. The van der Waals surface area contributed by atoms with E-state index in [1.165, 1.54) is 5.56 Å². The lowest BCUT2D eigenvalue weighted by Crippen LogP contribution is -2.44. The highest BCUT2D eigenvalue weighted by Crippen LogP contribution is 2.29. The first-order valence-electron chi connectivity index (χ1n) is 9.59. The maximum absolute atomic E-state index is 12.9. The van der Waals surface area contributed by atoms with Crippen LogP contribution in [0.5, 0.6) is 0 Å². The van der Waals surface area contributed by atoms with Crippen LogP contribution in [0, 0.1) is 5.92 Å². The molecule has 1 amide bonds. The van der Waals surface area contributed by atoms with Gasteiger partial charge in [0.2, 0.25) is 5.91 Å². The molecular formula is C22H23Cl2N3O. The van der Waals surface area contributed by atoms with Crippen molar-refractivity contribution in [2.75, 3.05) is 13.1 Å². The zero-order valence-corrected chi connectivity index (χ0v) is 17.3. The predicted molar refractivity (Wildman–Crippen MR) is 115 cm³/mol. The number of benzene rings is 2. The molecular weight excluding hydrogens is 393 g/mol. The molecule has 146 valence electrons. The van der Waals surface area contributed by atoms with Crippen LogP contribution in [0.2, 0.25) is 10.0 Å².